The number of nitrogens with zero attached hydrogens (tertiary/aromatic N) is 5. The molecule has 0 aliphatic rings. The number of aromatic nitrogens is 5. The zero-order valence-electron chi connectivity index (χ0n) is 17.4. The number of rotatable bonds is 7. The van der Waals surface area contributed by atoms with Crippen LogP contribution in [0.25, 0.3) is 5.95 Å². The fraction of sp³-hybridized carbons (Fsp3) is 0.316. The molecular weight excluding hydrogens is 496 g/mol. The van der Waals surface area contributed by atoms with E-state index in [1.54, 1.807) is 0 Å². The Balaban J connectivity index is 1.95. The molecule has 0 saturated carbocycles. The van der Waals surface area contributed by atoms with E-state index in [1.807, 2.05) is 0 Å². The van der Waals surface area contributed by atoms with E-state index in [-0.39, 0.29) is 30.0 Å². The van der Waals surface area contributed by atoms with E-state index in [1.165, 1.54) is 25.4 Å². The van der Waals surface area contributed by atoms with Crippen LogP contribution < -0.4 is 10.1 Å². The number of amides is 1. The van der Waals surface area contributed by atoms with E-state index >= 15 is 0 Å². The quantitative estimate of drug-likeness (QED) is 0.479. The molecule has 2 aromatic heterocycles. The Morgan fingerprint density at radius 1 is 1.03 bits per heavy atom. The van der Waals surface area contributed by atoms with Crippen LogP contribution in [0.15, 0.2) is 36.7 Å². The van der Waals surface area contributed by atoms with Gasteiger partial charge in [0.1, 0.15) is 0 Å². The Hall–Kier alpha value is -3.85. The van der Waals surface area contributed by atoms with Crippen molar-refractivity contribution in [1.29, 1.82) is 0 Å². The second-order valence-electron chi connectivity index (χ2n) is 6.90. The maximum absolute atomic E-state index is 13.1. The first-order chi connectivity index (χ1) is 16.3. The molecule has 2 heterocycles. The van der Waals surface area contributed by atoms with Gasteiger partial charge in [-0.3, -0.25) is 4.79 Å². The highest BCUT2D eigenvalue weighted by molar-refractivity contribution is 5.94. The number of halogens is 8. The molecule has 0 spiro atoms. The lowest BCUT2D eigenvalue weighted by Gasteiger charge is -2.16. The Kier molecular flexibility index (Phi) is 7.21. The summed E-state index contributed by atoms with van der Waals surface area (Å²) >= 11 is 0. The van der Waals surface area contributed by atoms with Crippen LogP contribution in [0.2, 0.25) is 0 Å². The number of ether oxygens (including phenoxy) is 1. The summed E-state index contributed by atoms with van der Waals surface area (Å²) in [4.78, 5) is 24.2. The van der Waals surface area contributed by atoms with Crippen LogP contribution in [0.3, 0.4) is 0 Å². The molecule has 35 heavy (non-hydrogen) atoms. The predicted octanol–water partition coefficient (Wildman–Crippen LogP) is 4.23. The first kappa shape index (κ1) is 25.8. The van der Waals surface area contributed by atoms with Gasteiger partial charge in [-0.05, 0) is 31.2 Å². The standard InChI is InChI=1S/C19H14F8N6O2/c1-9(14-31-17(35-8-13(20)21)32-33(14)16-28-3-2-4-29-16)30-15(34)10-5-11(18(22,23)24)7-12(6-10)19(25,26)27/h2-7,9,13H,8H2,1H3,(H,30,34). The van der Waals surface area contributed by atoms with Gasteiger partial charge >= 0.3 is 18.4 Å². The summed E-state index contributed by atoms with van der Waals surface area (Å²) in [6.45, 7) is 0.209. The largest absolute Gasteiger partial charge is 0.456 e. The van der Waals surface area contributed by atoms with Gasteiger partial charge in [0.15, 0.2) is 12.4 Å². The maximum Gasteiger partial charge on any atom is 0.416 e. The average molecular weight is 510 g/mol. The van der Waals surface area contributed by atoms with Gasteiger partial charge in [-0.1, -0.05) is 0 Å². The molecular formula is C19H14F8N6O2. The maximum atomic E-state index is 13.1. The molecule has 8 nitrogen and oxygen atoms in total. The Bertz CT molecular complexity index is 1150. The van der Waals surface area contributed by atoms with Crippen molar-refractivity contribution in [2.75, 3.05) is 6.61 Å². The molecule has 0 aliphatic heterocycles. The minimum atomic E-state index is -5.15. The van der Waals surface area contributed by atoms with Crippen molar-refractivity contribution in [3.05, 3.63) is 59.2 Å². The lowest BCUT2D eigenvalue weighted by Crippen LogP contribution is -2.29. The van der Waals surface area contributed by atoms with Crippen LogP contribution in [0.4, 0.5) is 35.1 Å². The van der Waals surface area contributed by atoms with E-state index in [0.717, 1.165) is 4.68 Å². The Labute approximate surface area is 191 Å². The molecule has 1 unspecified atom stereocenters. The SMILES string of the molecule is CC(NC(=O)c1cc(C(F)(F)F)cc(C(F)(F)F)c1)c1nc(OCC(F)F)nn1-c1ncccn1. The number of nitrogens with one attached hydrogen (secondary N) is 1. The van der Waals surface area contributed by atoms with Gasteiger partial charge in [-0.25, -0.2) is 18.7 Å². The summed E-state index contributed by atoms with van der Waals surface area (Å²) in [6, 6.07) is 0.0968. The molecule has 0 radical (unpaired) electrons. The van der Waals surface area contributed by atoms with Crippen molar-refractivity contribution in [2.45, 2.75) is 31.7 Å². The molecule has 0 saturated heterocycles. The first-order valence-corrected chi connectivity index (χ1v) is 9.51. The lowest BCUT2D eigenvalue weighted by molar-refractivity contribution is -0.143. The summed E-state index contributed by atoms with van der Waals surface area (Å²) in [5.41, 5.74) is -4.27. The molecule has 0 bridgehead atoms. The van der Waals surface area contributed by atoms with Crippen molar-refractivity contribution in [2.24, 2.45) is 0 Å². The van der Waals surface area contributed by atoms with Crippen LogP contribution >= 0.6 is 0 Å². The summed E-state index contributed by atoms with van der Waals surface area (Å²) in [7, 11) is 0. The van der Waals surface area contributed by atoms with E-state index < -0.39 is 60.0 Å². The molecule has 1 N–H and O–H groups in total. The normalized spacial score (nSPS) is 13.1. The third-order valence-corrected chi connectivity index (χ3v) is 4.28. The topological polar surface area (TPSA) is 94.8 Å². The van der Waals surface area contributed by atoms with Crippen molar-refractivity contribution in [1.82, 2.24) is 30.0 Å². The average Bonchev–Trinajstić information content (AvgIpc) is 3.21. The van der Waals surface area contributed by atoms with Gasteiger partial charge in [0.2, 0.25) is 0 Å². The van der Waals surface area contributed by atoms with Gasteiger partial charge in [0.25, 0.3) is 18.3 Å². The molecule has 0 fully saturated rings. The highest BCUT2D eigenvalue weighted by Crippen LogP contribution is 2.36. The van der Waals surface area contributed by atoms with Gasteiger partial charge < -0.3 is 10.1 Å². The third kappa shape index (κ3) is 6.39. The van der Waals surface area contributed by atoms with E-state index in [4.69, 9.17) is 4.74 Å². The highest BCUT2D eigenvalue weighted by Gasteiger charge is 2.37. The van der Waals surface area contributed by atoms with Gasteiger partial charge in [0, 0.05) is 18.0 Å². The van der Waals surface area contributed by atoms with Crippen molar-refractivity contribution >= 4 is 5.91 Å². The van der Waals surface area contributed by atoms with Crippen molar-refractivity contribution < 1.29 is 44.7 Å². The number of hydrogen-bond acceptors (Lipinski definition) is 6. The molecule has 1 amide bonds. The van der Waals surface area contributed by atoms with Crippen LogP contribution in [0.5, 0.6) is 6.01 Å². The molecule has 3 aromatic rings. The highest BCUT2D eigenvalue weighted by atomic mass is 19.4. The van der Waals surface area contributed by atoms with Gasteiger partial charge in [-0.15, -0.1) is 5.10 Å². The van der Waals surface area contributed by atoms with Crippen LogP contribution in [0, 0.1) is 0 Å². The Morgan fingerprint density at radius 2 is 1.60 bits per heavy atom. The van der Waals surface area contributed by atoms with Crippen molar-refractivity contribution in [3.8, 4) is 12.0 Å². The summed E-state index contributed by atoms with van der Waals surface area (Å²) in [6.07, 6.45) is -10.6. The summed E-state index contributed by atoms with van der Waals surface area (Å²) < 4.78 is 109. The molecule has 0 aliphatic carbocycles. The fourth-order valence-corrected chi connectivity index (χ4v) is 2.76. The van der Waals surface area contributed by atoms with E-state index in [2.05, 4.69) is 25.4 Å². The predicted molar refractivity (Wildman–Crippen MR) is 101 cm³/mol. The van der Waals surface area contributed by atoms with Crippen LogP contribution in [-0.2, 0) is 12.4 Å². The van der Waals surface area contributed by atoms with Crippen molar-refractivity contribution in [3.63, 3.8) is 0 Å². The number of carbonyl (C=O) groups excluding carboxylic acids is 1. The molecule has 16 heteroatoms. The van der Waals surface area contributed by atoms with Gasteiger partial charge in [-0.2, -0.15) is 36.0 Å². The molecule has 1 aromatic carbocycles. The summed E-state index contributed by atoms with van der Waals surface area (Å²) in [5.74, 6) is -1.62. The number of carbonyl (C=O) groups is 1. The fourth-order valence-electron chi connectivity index (χ4n) is 2.76. The van der Waals surface area contributed by atoms with Crippen LogP contribution in [0.1, 0.15) is 40.3 Å². The molecule has 1 atom stereocenters. The monoisotopic (exact) mass is 510 g/mol. The zero-order chi connectivity index (χ0) is 26.0. The third-order valence-electron chi connectivity index (χ3n) is 4.28. The van der Waals surface area contributed by atoms with Crippen LogP contribution in [-0.4, -0.2) is 43.7 Å². The zero-order valence-corrected chi connectivity index (χ0v) is 17.4. The second-order valence-corrected chi connectivity index (χ2v) is 6.90. The van der Waals surface area contributed by atoms with E-state index in [0.29, 0.717) is 0 Å². The Morgan fingerprint density at radius 3 is 2.11 bits per heavy atom. The number of alkyl halides is 8. The molecule has 3 rings (SSSR count). The van der Waals surface area contributed by atoms with E-state index in [9.17, 15) is 39.9 Å². The number of hydrogen-bond donors (Lipinski definition) is 1. The number of benzene rings is 1. The molecule has 188 valence electrons. The summed E-state index contributed by atoms with van der Waals surface area (Å²) in [5, 5.41) is 6.02. The van der Waals surface area contributed by atoms with Gasteiger partial charge in [0.05, 0.1) is 17.2 Å². The lowest BCUT2D eigenvalue weighted by atomic mass is 10.0. The second kappa shape index (κ2) is 9.79. The minimum absolute atomic E-state index is 0.115. The first-order valence-electron chi connectivity index (χ1n) is 9.51. The smallest absolute Gasteiger partial charge is 0.416 e. The minimum Gasteiger partial charge on any atom is -0.456 e.